The fourth-order valence-electron chi connectivity index (χ4n) is 4.45. The third-order valence-corrected chi connectivity index (χ3v) is 7.93. The zero-order valence-electron chi connectivity index (χ0n) is 16.6. The van der Waals surface area contributed by atoms with Crippen molar-refractivity contribution in [2.24, 2.45) is 0 Å². The molecule has 29 heavy (non-hydrogen) atoms. The first kappa shape index (κ1) is 19.2. The Morgan fingerprint density at radius 2 is 2.03 bits per heavy atom. The van der Waals surface area contributed by atoms with E-state index in [-0.39, 0.29) is 5.91 Å². The zero-order valence-corrected chi connectivity index (χ0v) is 18.2. The van der Waals surface area contributed by atoms with Crippen LogP contribution >= 0.6 is 22.7 Å². The monoisotopic (exact) mass is 427 g/mol. The molecule has 0 N–H and O–H groups in total. The number of amides is 1. The molecular weight excluding hydrogens is 402 g/mol. The van der Waals surface area contributed by atoms with Crippen LogP contribution in [0.3, 0.4) is 0 Å². The van der Waals surface area contributed by atoms with E-state index in [2.05, 4.69) is 41.1 Å². The number of aryl methyl sites for hydroxylation is 1. The third-order valence-electron chi connectivity index (χ3n) is 5.86. The second kappa shape index (κ2) is 8.14. The zero-order chi connectivity index (χ0) is 19.8. The Labute approximate surface area is 178 Å². The molecule has 4 heterocycles. The van der Waals surface area contributed by atoms with Crippen molar-refractivity contribution >= 4 is 38.7 Å². The summed E-state index contributed by atoms with van der Waals surface area (Å²) in [4.78, 5) is 24.5. The number of hydrogen-bond acceptors (Lipinski definition) is 6. The van der Waals surface area contributed by atoms with Gasteiger partial charge in [-0.05, 0) is 36.9 Å². The average molecular weight is 428 g/mol. The molecule has 0 spiro atoms. The van der Waals surface area contributed by atoms with Crippen molar-refractivity contribution in [1.82, 2.24) is 14.8 Å². The number of nitrogens with zero attached hydrogens (tertiary/aromatic N) is 3. The van der Waals surface area contributed by atoms with E-state index in [4.69, 9.17) is 4.74 Å². The summed E-state index contributed by atoms with van der Waals surface area (Å²) >= 11 is 3.44. The van der Waals surface area contributed by atoms with Crippen molar-refractivity contribution in [1.29, 1.82) is 0 Å². The van der Waals surface area contributed by atoms with Crippen LogP contribution in [0.25, 0.3) is 10.1 Å². The molecule has 2 fully saturated rings. The smallest absolute Gasteiger partial charge is 0.264 e. The van der Waals surface area contributed by atoms with Gasteiger partial charge in [-0.1, -0.05) is 18.2 Å². The van der Waals surface area contributed by atoms with Gasteiger partial charge in [0.05, 0.1) is 23.1 Å². The normalized spacial score (nSPS) is 20.6. The second-order valence-corrected chi connectivity index (χ2v) is 10.2. The minimum absolute atomic E-state index is 0.182. The number of morpholine rings is 1. The van der Waals surface area contributed by atoms with Gasteiger partial charge in [-0.25, -0.2) is 4.98 Å². The van der Waals surface area contributed by atoms with E-state index < -0.39 is 0 Å². The van der Waals surface area contributed by atoms with Gasteiger partial charge < -0.3 is 9.64 Å². The van der Waals surface area contributed by atoms with Gasteiger partial charge in [0.2, 0.25) is 0 Å². The lowest BCUT2D eigenvalue weighted by molar-refractivity contribution is 0.0305. The largest absolute Gasteiger partial charge is 0.378 e. The van der Waals surface area contributed by atoms with Crippen LogP contribution in [0.1, 0.15) is 37.5 Å². The van der Waals surface area contributed by atoms with Gasteiger partial charge in [-0.3, -0.25) is 9.69 Å². The first-order valence-electron chi connectivity index (χ1n) is 10.2. The number of carbonyl (C=O) groups is 1. The molecule has 0 aliphatic carbocycles. The van der Waals surface area contributed by atoms with Crippen LogP contribution in [-0.4, -0.2) is 60.1 Å². The topological polar surface area (TPSA) is 45.7 Å². The highest BCUT2D eigenvalue weighted by Crippen LogP contribution is 2.41. The number of rotatable bonds is 4. The van der Waals surface area contributed by atoms with Crippen LogP contribution in [0.5, 0.6) is 0 Å². The summed E-state index contributed by atoms with van der Waals surface area (Å²) in [6.45, 7) is 7.73. The molecule has 2 aliphatic rings. The fraction of sp³-hybridized carbons (Fsp3) is 0.455. The molecule has 2 saturated heterocycles. The van der Waals surface area contributed by atoms with Gasteiger partial charge in [0.1, 0.15) is 0 Å². The fourth-order valence-corrected chi connectivity index (χ4v) is 6.55. The quantitative estimate of drug-likeness (QED) is 0.628. The minimum Gasteiger partial charge on any atom is -0.378 e. The maximum atomic E-state index is 13.4. The predicted molar refractivity (Wildman–Crippen MR) is 118 cm³/mol. The molecule has 2 aromatic heterocycles. The molecule has 0 radical (unpaired) electrons. The molecule has 5 nitrogen and oxygen atoms in total. The number of benzene rings is 1. The molecule has 2 aliphatic heterocycles. The molecule has 7 heteroatoms. The van der Waals surface area contributed by atoms with Crippen molar-refractivity contribution in [2.45, 2.75) is 25.8 Å². The Kier molecular flexibility index (Phi) is 5.39. The summed E-state index contributed by atoms with van der Waals surface area (Å²) in [6.07, 6.45) is 3.10. The summed E-state index contributed by atoms with van der Waals surface area (Å²) in [7, 11) is 0. The van der Waals surface area contributed by atoms with Crippen LogP contribution in [0.4, 0.5) is 0 Å². The Bertz CT molecular complexity index is 1020. The molecule has 5 rings (SSSR count). The molecule has 152 valence electrons. The van der Waals surface area contributed by atoms with Crippen LogP contribution in [0, 0.1) is 6.92 Å². The lowest BCUT2D eigenvalue weighted by atomic mass is 9.94. The van der Waals surface area contributed by atoms with Crippen LogP contribution in [0.15, 0.2) is 30.5 Å². The van der Waals surface area contributed by atoms with Gasteiger partial charge in [-0.15, -0.1) is 22.7 Å². The van der Waals surface area contributed by atoms with Crippen molar-refractivity contribution in [3.63, 3.8) is 0 Å². The van der Waals surface area contributed by atoms with Gasteiger partial charge >= 0.3 is 0 Å². The van der Waals surface area contributed by atoms with Gasteiger partial charge in [0, 0.05) is 47.9 Å². The molecule has 1 aromatic carbocycles. The van der Waals surface area contributed by atoms with Crippen molar-refractivity contribution in [3.05, 3.63) is 50.8 Å². The lowest BCUT2D eigenvalue weighted by Gasteiger charge is -2.27. The standard InChI is InChI=1S/C22H25N3O2S2/c1-15-23-12-17(28-15)14-24-7-6-16(13-24)20-18-4-2-3-5-19(18)29-21(20)22(26)25-8-10-27-11-9-25/h2-5,12,16H,6-11,13-14H2,1H3/t16-/m0/s1. The molecule has 0 unspecified atom stereocenters. The molecule has 3 aromatic rings. The van der Waals surface area contributed by atoms with E-state index in [9.17, 15) is 4.79 Å². The van der Waals surface area contributed by atoms with Crippen LogP contribution < -0.4 is 0 Å². The highest BCUT2D eigenvalue weighted by Gasteiger charge is 2.32. The summed E-state index contributed by atoms with van der Waals surface area (Å²) in [5.41, 5.74) is 1.27. The maximum Gasteiger partial charge on any atom is 0.264 e. The highest BCUT2D eigenvalue weighted by atomic mass is 32.1. The van der Waals surface area contributed by atoms with E-state index in [1.165, 1.54) is 20.5 Å². The number of aromatic nitrogens is 1. The SMILES string of the molecule is Cc1ncc(CN2CC[C@H](c3c(C(=O)N4CCOCC4)sc4ccccc34)C2)s1. The molecule has 1 amide bonds. The predicted octanol–water partition coefficient (Wildman–Crippen LogP) is 4.13. The van der Waals surface area contributed by atoms with E-state index in [0.717, 1.165) is 35.9 Å². The van der Waals surface area contributed by atoms with Crippen molar-refractivity contribution in [2.75, 3.05) is 39.4 Å². The van der Waals surface area contributed by atoms with Crippen LogP contribution in [0.2, 0.25) is 0 Å². The van der Waals surface area contributed by atoms with E-state index in [1.807, 2.05) is 11.1 Å². The van der Waals surface area contributed by atoms with Gasteiger partial charge in [0.15, 0.2) is 0 Å². The molecule has 0 saturated carbocycles. The summed E-state index contributed by atoms with van der Waals surface area (Å²) in [5, 5.41) is 2.38. The number of carbonyl (C=O) groups excluding carboxylic acids is 1. The first-order valence-corrected chi connectivity index (χ1v) is 11.8. The Balaban J connectivity index is 1.43. The lowest BCUT2D eigenvalue weighted by Crippen LogP contribution is -2.40. The van der Waals surface area contributed by atoms with E-state index in [1.54, 1.807) is 22.7 Å². The summed E-state index contributed by atoms with van der Waals surface area (Å²) in [5.74, 6) is 0.584. The number of fused-ring (bicyclic) bond motifs is 1. The molecule has 0 bridgehead atoms. The Morgan fingerprint density at radius 3 is 2.83 bits per heavy atom. The summed E-state index contributed by atoms with van der Waals surface area (Å²) in [6, 6.07) is 8.49. The number of likely N-dealkylation sites (tertiary alicyclic amines) is 1. The third kappa shape index (κ3) is 3.84. The van der Waals surface area contributed by atoms with Gasteiger partial charge in [-0.2, -0.15) is 0 Å². The minimum atomic E-state index is 0.182. The van der Waals surface area contributed by atoms with Crippen molar-refractivity contribution in [3.8, 4) is 0 Å². The Morgan fingerprint density at radius 1 is 1.21 bits per heavy atom. The molecular formula is C22H25N3O2S2. The van der Waals surface area contributed by atoms with E-state index in [0.29, 0.717) is 32.2 Å². The number of thiophene rings is 1. The second-order valence-electron chi connectivity index (χ2n) is 7.81. The number of thiazole rings is 1. The summed E-state index contributed by atoms with van der Waals surface area (Å²) < 4.78 is 6.66. The number of hydrogen-bond donors (Lipinski definition) is 0. The van der Waals surface area contributed by atoms with Gasteiger partial charge in [0.25, 0.3) is 5.91 Å². The van der Waals surface area contributed by atoms with E-state index >= 15 is 0 Å². The first-order chi connectivity index (χ1) is 14.2. The van der Waals surface area contributed by atoms with Crippen LogP contribution in [-0.2, 0) is 11.3 Å². The Hall–Kier alpha value is -1.80. The average Bonchev–Trinajstić information content (AvgIpc) is 3.46. The maximum absolute atomic E-state index is 13.4. The number of ether oxygens (including phenoxy) is 1. The highest BCUT2D eigenvalue weighted by molar-refractivity contribution is 7.21. The molecule has 1 atom stereocenters. The van der Waals surface area contributed by atoms with Crippen molar-refractivity contribution < 1.29 is 9.53 Å².